The Balaban J connectivity index is 1.65. The third kappa shape index (κ3) is 5.12. The molecule has 1 amide bonds. The molecule has 0 unspecified atom stereocenters. The minimum absolute atomic E-state index is 0.217. The van der Waals surface area contributed by atoms with E-state index in [0.29, 0.717) is 28.0 Å². The Hall–Kier alpha value is -1.65. The molecule has 0 saturated carbocycles. The maximum atomic E-state index is 13.2. The van der Waals surface area contributed by atoms with Gasteiger partial charge in [0.05, 0.1) is 25.5 Å². The molecule has 10 heteroatoms. The van der Waals surface area contributed by atoms with Gasteiger partial charge in [0.25, 0.3) is 5.91 Å². The van der Waals surface area contributed by atoms with Gasteiger partial charge in [-0.2, -0.15) is 4.31 Å². The zero-order valence-electron chi connectivity index (χ0n) is 18.2. The van der Waals surface area contributed by atoms with E-state index in [1.165, 1.54) is 11.3 Å². The molecule has 0 atom stereocenters. The van der Waals surface area contributed by atoms with Crippen molar-refractivity contribution >= 4 is 50.2 Å². The van der Waals surface area contributed by atoms with Gasteiger partial charge in [0.1, 0.15) is 0 Å². The molecule has 3 heterocycles. The molecule has 1 aromatic heterocycles. The van der Waals surface area contributed by atoms with E-state index in [4.69, 9.17) is 11.6 Å². The third-order valence-electron chi connectivity index (χ3n) is 6.13. The van der Waals surface area contributed by atoms with Gasteiger partial charge in [-0.25, -0.2) is 8.42 Å². The SMILES string of the molecule is CCN1CCN(c2ccc(S(=O)(=O)N3CCCCC3)cc2NC(=O)c2ccc(Cl)s2)CC1. The molecule has 2 aliphatic rings. The molecule has 2 aromatic rings. The highest BCUT2D eigenvalue weighted by Crippen LogP contribution is 2.33. The smallest absolute Gasteiger partial charge is 0.265 e. The predicted octanol–water partition coefficient (Wildman–Crippen LogP) is 3.97. The van der Waals surface area contributed by atoms with Gasteiger partial charge in [0, 0.05) is 39.3 Å². The molecule has 0 aliphatic carbocycles. The van der Waals surface area contributed by atoms with Gasteiger partial charge in [-0.1, -0.05) is 24.9 Å². The Kier molecular flexibility index (Phi) is 7.41. The van der Waals surface area contributed by atoms with Crippen LogP contribution in [0, 0.1) is 0 Å². The van der Waals surface area contributed by atoms with Crippen LogP contribution >= 0.6 is 22.9 Å². The number of anilines is 2. The van der Waals surface area contributed by atoms with Gasteiger partial charge in [0.2, 0.25) is 10.0 Å². The molecule has 1 N–H and O–H groups in total. The first-order chi connectivity index (χ1) is 15.4. The van der Waals surface area contributed by atoms with Crippen molar-refractivity contribution in [3.05, 3.63) is 39.5 Å². The Morgan fingerprint density at radius 1 is 1.03 bits per heavy atom. The van der Waals surface area contributed by atoms with E-state index < -0.39 is 10.0 Å². The minimum Gasteiger partial charge on any atom is -0.367 e. The van der Waals surface area contributed by atoms with Crippen LogP contribution in [0.15, 0.2) is 35.2 Å². The number of likely N-dealkylation sites (N-methyl/N-ethyl adjacent to an activating group) is 1. The largest absolute Gasteiger partial charge is 0.367 e. The number of nitrogens with one attached hydrogen (secondary N) is 1. The number of halogens is 1. The minimum atomic E-state index is -3.60. The van der Waals surface area contributed by atoms with E-state index in [1.807, 2.05) is 6.07 Å². The fourth-order valence-corrected chi connectivity index (χ4v) is 6.71. The van der Waals surface area contributed by atoms with Crippen LogP contribution in [0.25, 0.3) is 0 Å². The molecule has 2 fully saturated rings. The van der Waals surface area contributed by atoms with Crippen molar-refractivity contribution in [2.24, 2.45) is 0 Å². The van der Waals surface area contributed by atoms with Crippen LogP contribution in [0.5, 0.6) is 0 Å². The van der Waals surface area contributed by atoms with Gasteiger partial charge < -0.3 is 15.1 Å². The average Bonchev–Trinajstić information content (AvgIpc) is 3.26. The summed E-state index contributed by atoms with van der Waals surface area (Å²) in [5.41, 5.74) is 1.36. The van der Waals surface area contributed by atoms with Crippen molar-refractivity contribution in [3.8, 4) is 0 Å². The summed E-state index contributed by atoms with van der Waals surface area (Å²) < 4.78 is 28.6. The zero-order chi connectivity index (χ0) is 22.7. The van der Waals surface area contributed by atoms with Crippen LogP contribution in [0.3, 0.4) is 0 Å². The molecule has 32 heavy (non-hydrogen) atoms. The number of piperazine rings is 1. The number of amides is 1. The summed E-state index contributed by atoms with van der Waals surface area (Å²) in [7, 11) is -3.60. The van der Waals surface area contributed by atoms with Gasteiger partial charge in [-0.05, 0) is 49.7 Å². The monoisotopic (exact) mass is 496 g/mol. The van der Waals surface area contributed by atoms with Crippen LogP contribution in [0.1, 0.15) is 35.9 Å². The second-order valence-corrected chi connectivity index (χ2v) is 11.8. The average molecular weight is 497 g/mol. The van der Waals surface area contributed by atoms with Crippen molar-refractivity contribution in [1.82, 2.24) is 9.21 Å². The second kappa shape index (κ2) is 10.1. The number of nitrogens with zero attached hydrogens (tertiary/aromatic N) is 3. The lowest BCUT2D eigenvalue weighted by Crippen LogP contribution is -2.46. The van der Waals surface area contributed by atoms with Gasteiger partial charge >= 0.3 is 0 Å². The summed E-state index contributed by atoms with van der Waals surface area (Å²) in [5.74, 6) is -0.289. The van der Waals surface area contributed by atoms with Gasteiger partial charge in [0.15, 0.2) is 0 Å². The molecular weight excluding hydrogens is 468 g/mol. The lowest BCUT2D eigenvalue weighted by Gasteiger charge is -2.36. The van der Waals surface area contributed by atoms with E-state index in [-0.39, 0.29) is 10.8 Å². The van der Waals surface area contributed by atoms with E-state index in [0.717, 1.165) is 57.7 Å². The summed E-state index contributed by atoms with van der Waals surface area (Å²) in [6.07, 6.45) is 2.81. The lowest BCUT2D eigenvalue weighted by molar-refractivity contribution is 0.103. The fraction of sp³-hybridized carbons (Fsp3) is 0.500. The molecule has 1 aromatic carbocycles. The quantitative estimate of drug-likeness (QED) is 0.655. The van der Waals surface area contributed by atoms with Gasteiger partial charge in [-0.15, -0.1) is 11.3 Å². The summed E-state index contributed by atoms with van der Waals surface area (Å²) in [4.78, 5) is 18.2. The first kappa shape index (κ1) is 23.5. The molecule has 2 saturated heterocycles. The molecule has 0 spiro atoms. The Bertz CT molecular complexity index is 1060. The summed E-state index contributed by atoms with van der Waals surface area (Å²) in [5, 5.41) is 2.95. The van der Waals surface area contributed by atoms with Crippen LogP contribution in [0.4, 0.5) is 11.4 Å². The number of sulfonamides is 1. The molecular formula is C22H29ClN4O3S2. The van der Waals surface area contributed by atoms with Crippen LogP contribution in [-0.4, -0.2) is 69.3 Å². The number of benzene rings is 1. The zero-order valence-corrected chi connectivity index (χ0v) is 20.6. The number of hydrogen-bond donors (Lipinski definition) is 1. The normalized spacial score (nSPS) is 18.6. The Morgan fingerprint density at radius 3 is 2.38 bits per heavy atom. The molecule has 2 aliphatic heterocycles. The third-order valence-corrected chi connectivity index (χ3v) is 9.25. The predicted molar refractivity (Wildman–Crippen MR) is 131 cm³/mol. The highest BCUT2D eigenvalue weighted by molar-refractivity contribution is 7.89. The topological polar surface area (TPSA) is 73.0 Å². The summed E-state index contributed by atoms with van der Waals surface area (Å²) >= 11 is 7.20. The van der Waals surface area contributed by atoms with E-state index in [1.54, 1.807) is 28.6 Å². The number of carbonyl (C=O) groups excluding carboxylic acids is 1. The van der Waals surface area contributed by atoms with Crippen LogP contribution in [-0.2, 0) is 10.0 Å². The summed E-state index contributed by atoms with van der Waals surface area (Å²) in [6.45, 7) is 7.73. The number of piperidine rings is 1. The molecule has 0 bridgehead atoms. The molecule has 7 nitrogen and oxygen atoms in total. The van der Waals surface area contributed by atoms with Crippen molar-refractivity contribution in [3.63, 3.8) is 0 Å². The van der Waals surface area contributed by atoms with Crippen LogP contribution in [0.2, 0.25) is 4.34 Å². The van der Waals surface area contributed by atoms with E-state index >= 15 is 0 Å². The highest BCUT2D eigenvalue weighted by Gasteiger charge is 2.28. The van der Waals surface area contributed by atoms with Crippen molar-refractivity contribution in [2.75, 3.05) is 56.0 Å². The number of rotatable bonds is 6. The van der Waals surface area contributed by atoms with E-state index in [9.17, 15) is 13.2 Å². The number of hydrogen-bond acceptors (Lipinski definition) is 6. The standard InChI is InChI=1S/C22H29ClN4O3S2/c1-2-25-12-14-26(15-13-25)19-7-6-17(32(29,30)27-10-4-3-5-11-27)16-18(19)24-22(28)20-8-9-21(23)31-20/h6-9,16H,2-5,10-15H2,1H3,(H,24,28). The molecule has 4 rings (SSSR count). The van der Waals surface area contributed by atoms with Gasteiger partial charge in [-0.3, -0.25) is 4.79 Å². The van der Waals surface area contributed by atoms with Crippen molar-refractivity contribution in [2.45, 2.75) is 31.1 Å². The maximum Gasteiger partial charge on any atom is 0.265 e. The lowest BCUT2D eigenvalue weighted by atomic mass is 10.2. The summed E-state index contributed by atoms with van der Waals surface area (Å²) in [6, 6.07) is 8.47. The Morgan fingerprint density at radius 2 is 1.75 bits per heavy atom. The fourth-order valence-electron chi connectivity index (χ4n) is 4.23. The second-order valence-electron chi connectivity index (χ2n) is 8.12. The first-order valence-electron chi connectivity index (χ1n) is 11.1. The number of carbonyl (C=O) groups is 1. The van der Waals surface area contributed by atoms with Crippen LogP contribution < -0.4 is 10.2 Å². The number of thiophene rings is 1. The maximum absolute atomic E-state index is 13.2. The van der Waals surface area contributed by atoms with Crippen molar-refractivity contribution in [1.29, 1.82) is 0 Å². The van der Waals surface area contributed by atoms with Crippen molar-refractivity contribution < 1.29 is 13.2 Å². The first-order valence-corrected chi connectivity index (χ1v) is 13.7. The molecule has 174 valence electrons. The molecule has 0 radical (unpaired) electrons. The van der Waals surface area contributed by atoms with E-state index in [2.05, 4.69) is 22.0 Å². The Labute approximate surface area is 199 Å². The highest BCUT2D eigenvalue weighted by atomic mass is 35.5.